The third-order valence-corrected chi connectivity index (χ3v) is 5.37. The van der Waals surface area contributed by atoms with Crippen molar-refractivity contribution >= 4 is 23.4 Å². The molecule has 0 aliphatic carbocycles. The number of aryl methyl sites for hydroxylation is 1. The van der Waals surface area contributed by atoms with E-state index >= 15 is 0 Å². The lowest BCUT2D eigenvalue weighted by Gasteiger charge is -2.32. The number of aromatic nitrogens is 2. The Morgan fingerprint density at radius 3 is 2.64 bits per heavy atom. The van der Waals surface area contributed by atoms with Gasteiger partial charge in [-0.05, 0) is 57.1 Å². The molecule has 11 heteroatoms. The van der Waals surface area contributed by atoms with Crippen LogP contribution >= 0.6 is 0 Å². The SMILES string of the molecule is CCN1CCCC(Nc2cc(C)nc(NC(=NC)N(C)c3ccc(OC(F)(F)F)cc3)n2)C1. The Labute approximate surface area is 191 Å². The van der Waals surface area contributed by atoms with Crippen LogP contribution in [-0.4, -0.2) is 67.0 Å². The number of nitrogens with zero attached hydrogens (tertiary/aromatic N) is 5. The lowest BCUT2D eigenvalue weighted by atomic mass is 10.1. The van der Waals surface area contributed by atoms with Crippen molar-refractivity contribution in [3.05, 3.63) is 36.0 Å². The van der Waals surface area contributed by atoms with Crippen LogP contribution in [0.25, 0.3) is 0 Å². The van der Waals surface area contributed by atoms with Gasteiger partial charge in [0, 0.05) is 44.1 Å². The summed E-state index contributed by atoms with van der Waals surface area (Å²) in [5.41, 5.74) is 1.41. The number of likely N-dealkylation sites (tertiary alicyclic amines) is 1. The van der Waals surface area contributed by atoms with Gasteiger partial charge < -0.3 is 19.9 Å². The first-order valence-electron chi connectivity index (χ1n) is 10.8. The Morgan fingerprint density at radius 1 is 1.27 bits per heavy atom. The fourth-order valence-electron chi connectivity index (χ4n) is 3.75. The predicted molar refractivity (Wildman–Crippen MR) is 124 cm³/mol. The van der Waals surface area contributed by atoms with Crippen LogP contribution in [-0.2, 0) is 0 Å². The summed E-state index contributed by atoms with van der Waals surface area (Å²) in [6.07, 6.45) is -2.50. The van der Waals surface area contributed by atoms with Gasteiger partial charge in [0.15, 0.2) is 0 Å². The number of alkyl halides is 3. The fraction of sp³-hybridized carbons (Fsp3) is 0.500. The highest BCUT2D eigenvalue weighted by atomic mass is 19.4. The summed E-state index contributed by atoms with van der Waals surface area (Å²) in [6, 6.07) is 7.76. The summed E-state index contributed by atoms with van der Waals surface area (Å²) >= 11 is 0. The smallest absolute Gasteiger partial charge is 0.406 e. The molecule has 1 fully saturated rings. The maximum atomic E-state index is 12.4. The Kier molecular flexibility index (Phi) is 7.96. The number of guanidine groups is 1. The zero-order valence-corrected chi connectivity index (χ0v) is 19.3. The largest absolute Gasteiger partial charge is 0.573 e. The van der Waals surface area contributed by atoms with E-state index in [1.165, 1.54) is 24.3 Å². The number of benzene rings is 1. The molecule has 1 saturated heterocycles. The molecule has 0 saturated carbocycles. The van der Waals surface area contributed by atoms with E-state index in [1.807, 2.05) is 13.0 Å². The molecule has 0 spiro atoms. The van der Waals surface area contributed by atoms with Crippen LogP contribution in [0.3, 0.4) is 0 Å². The van der Waals surface area contributed by atoms with E-state index in [-0.39, 0.29) is 5.75 Å². The molecule has 1 atom stereocenters. The first-order valence-corrected chi connectivity index (χ1v) is 10.8. The second-order valence-electron chi connectivity index (χ2n) is 7.87. The summed E-state index contributed by atoms with van der Waals surface area (Å²) in [5.74, 6) is 1.26. The Morgan fingerprint density at radius 2 is 2.00 bits per heavy atom. The van der Waals surface area contributed by atoms with Gasteiger partial charge in [-0.25, -0.2) is 4.98 Å². The van der Waals surface area contributed by atoms with Gasteiger partial charge in [-0.2, -0.15) is 4.98 Å². The predicted octanol–water partition coefficient (Wildman–Crippen LogP) is 4.11. The van der Waals surface area contributed by atoms with Crippen LogP contribution in [0, 0.1) is 6.92 Å². The quantitative estimate of drug-likeness (QED) is 0.491. The lowest BCUT2D eigenvalue weighted by Crippen LogP contribution is -2.42. The van der Waals surface area contributed by atoms with Gasteiger partial charge in [0.25, 0.3) is 0 Å². The molecule has 2 N–H and O–H groups in total. The van der Waals surface area contributed by atoms with E-state index in [0.29, 0.717) is 23.6 Å². The van der Waals surface area contributed by atoms with E-state index in [4.69, 9.17) is 0 Å². The van der Waals surface area contributed by atoms with Crippen molar-refractivity contribution in [1.29, 1.82) is 0 Å². The van der Waals surface area contributed by atoms with Crippen LogP contribution < -0.4 is 20.3 Å². The Bertz CT molecular complexity index is 950. The highest BCUT2D eigenvalue weighted by Gasteiger charge is 2.31. The molecule has 1 unspecified atom stereocenters. The molecule has 0 bridgehead atoms. The molecule has 8 nitrogen and oxygen atoms in total. The minimum absolute atomic E-state index is 0.287. The third-order valence-electron chi connectivity index (χ3n) is 5.37. The average Bonchev–Trinajstić information content (AvgIpc) is 2.76. The molecular formula is C22H30F3N7O. The number of piperidine rings is 1. The number of hydrogen-bond acceptors (Lipinski definition) is 6. The van der Waals surface area contributed by atoms with E-state index in [9.17, 15) is 13.2 Å². The number of likely N-dealkylation sites (N-methyl/N-ethyl adjacent to an activating group) is 1. The molecule has 3 rings (SSSR count). The van der Waals surface area contributed by atoms with Crippen molar-refractivity contribution in [3.8, 4) is 5.75 Å². The zero-order valence-electron chi connectivity index (χ0n) is 19.3. The molecule has 2 heterocycles. The molecule has 0 radical (unpaired) electrons. The van der Waals surface area contributed by atoms with E-state index in [1.54, 1.807) is 19.0 Å². The standard InChI is InChI=1S/C22H30F3N7O/c1-5-32-12-6-7-16(14-32)28-19-13-15(2)27-20(29-19)30-21(26-3)31(4)17-8-10-18(11-9-17)33-22(23,24)25/h8-11,13,16H,5-7,12,14H2,1-4H3,(H2,26,27,28,29,30). The Hall–Kier alpha value is -3.08. The van der Waals surface area contributed by atoms with Gasteiger partial charge >= 0.3 is 6.36 Å². The van der Waals surface area contributed by atoms with Crippen LogP contribution in [0.4, 0.5) is 30.6 Å². The third kappa shape index (κ3) is 7.21. The topological polar surface area (TPSA) is 77.9 Å². The fourth-order valence-corrected chi connectivity index (χ4v) is 3.75. The molecule has 1 aromatic heterocycles. The van der Waals surface area contributed by atoms with Crippen molar-refractivity contribution in [2.75, 3.05) is 49.3 Å². The van der Waals surface area contributed by atoms with Crippen LogP contribution in [0.2, 0.25) is 0 Å². The van der Waals surface area contributed by atoms with Gasteiger partial charge in [-0.3, -0.25) is 10.3 Å². The summed E-state index contributed by atoms with van der Waals surface area (Å²) in [7, 11) is 3.35. The minimum atomic E-state index is -4.73. The minimum Gasteiger partial charge on any atom is -0.406 e. The van der Waals surface area contributed by atoms with Crippen molar-refractivity contribution < 1.29 is 17.9 Å². The summed E-state index contributed by atoms with van der Waals surface area (Å²) in [6.45, 7) is 7.18. The summed E-state index contributed by atoms with van der Waals surface area (Å²) in [4.78, 5) is 17.4. The van der Waals surface area contributed by atoms with Gasteiger partial charge in [0.05, 0.1) is 0 Å². The second-order valence-corrected chi connectivity index (χ2v) is 7.87. The second kappa shape index (κ2) is 10.7. The van der Waals surface area contributed by atoms with Crippen molar-refractivity contribution in [2.45, 2.75) is 39.1 Å². The number of anilines is 3. The van der Waals surface area contributed by atoms with Gasteiger partial charge in [-0.1, -0.05) is 6.92 Å². The lowest BCUT2D eigenvalue weighted by molar-refractivity contribution is -0.274. The van der Waals surface area contributed by atoms with Gasteiger partial charge in [0.2, 0.25) is 11.9 Å². The Balaban J connectivity index is 1.69. The number of aliphatic imine (C=N–C) groups is 1. The van der Waals surface area contributed by atoms with Crippen LogP contribution in [0.1, 0.15) is 25.5 Å². The van der Waals surface area contributed by atoms with Crippen molar-refractivity contribution in [3.63, 3.8) is 0 Å². The number of hydrogen-bond donors (Lipinski definition) is 2. The molecular weight excluding hydrogens is 435 g/mol. The van der Waals surface area contributed by atoms with E-state index in [0.717, 1.165) is 44.0 Å². The van der Waals surface area contributed by atoms with Crippen molar-refractivity contribution in [2.24, 2.45) is 4.99 Å². The van der Waals surface area contributed by atoms with E-state index < -0.39 is 6.36 Å². The monoisotopic (exact) mass is 465 g/mol. The zero-order chi connectivity index (χ0) is 24.0. The average molecular weight is 466 g/mol. The number of ether oxygens (including phenoxy) is 1. The number of rotatable bonds is 6. The molecule has 33 heavy (non-hydrogen) atoms. The summed E-state index contributed by atoms with van der Waals surface area (Å²) in [5, 5.41) is 6.62. The van der Waals surface area contributed by atoms with E-state index in [2.05, 4.69) is 42.2 Å². The highest BCUT2D eigenvalue weighted by Crippen LogP contribution is 2.25. The highest BCUT2D eigenvalue weighted by molar-refractivity contribution is 6.04. The molecule has 0 amide bonds. The maximum Gasteiger partial charge on any atom is 0.573 e. The molecule has 2 aromatic rings. The molecule has 1 aromatic carbocycles. The first-order chi connectivity index (χ1) is 15.7. The summed E-state index contributed by atoms with van der Waals surface area (Å²) < 4.78 is 41.1. The normalized spacial score (nSPS) is 17.5. The molecule has 1 aliphatic heterocycles. The molecule has 180 valence electrons. The van der Waals surface area contributed by atoms with Crippen LogP contribution in [0.15, 0.2) is 35.3 Å². The maximum absolute atomic E-state index is 12.4. The van der Waals surface area contributed by atoms with Gasteiger partial charge in [-0.15, -0.1) is 13.2 Å². The van der Waals surface area contributed by atoms with Crippen LogP contribution in [0.5, 0.6) is 5.75 Å². The van der Waals surface area contributed by atoms with Crippen molar-refractivity contribution in [1.82, 2.24) is 14.9 Å². The number of nitrogens with one attached hydrogen (secondary N) is 2. The number of halogens is 3. The van der Waals surface area contributed by atoms with Gasteiger partial charge in [0.1, 0.15) is 11.6 Å². The first kappa shape index (κ1) is 24.6. The molecule has 1 aliphatic rings.